The second kappa shape index (κ2) is 3.01. The summed E-state index contributed by atoms with van der Waals surface area (Å²) in [6.45, 7) is 2.72. The molecule has 0 aromatic rings. The Kier molecular flexibility index (Phi) is 1.98. The lowest BCUT2D eigenvalue weighted by molar-refractivity contribution is -0.148. The van der Waals surface area contributed by atoms with Crippen LogP contribution in [0, 0.1) is 11.8 Å². The molecule has 1 aliphatic carbocycles. The van der Waals surface area contributed by atoms with Gasteiger partial charge in [-0.25, -0.2) is 0 Å². The molecule has 4 nitrogen and oxygen atoms in total. The third-order valence-corrected chi connectivity index (χ3v) is 2.69. The van der Waals surface area contributed by atoms with E-state index < -0.39 is 0 Å². The highest BCUT2D eigenvalue weighted by Crippen LogP contribution is 2.42. The number of nitrogens with one attached hydrogen (secondary N) is 1. The molecular weight excluding hydrogens is 168 g/mol. The zero-order chi connectivity index (χ0) is 9.42. The predicted molar refractivity (Wildman–Crippen MR) is 46.4 cm³/mol. The first-order valence-corrected chi connectivity index (χ1v) is 4.86. The van der Waals surface area contributed by atoms with Crippen LogP contribution in [0.4, 0.5) is 0 Å². The number of hydrogen-bond donors (Lipinski definition) is 1. The second-order valence-electron chi connectivity index (χ2n) is 3.77. The lowest BCUT2D eigenvalue weighted by Gasteiger charge is -2.26. The average molecular weight is 182 g/mol. The van der Waals surface area contributed by atoms with Crippen LogP contribution in [0.15, 0.2) is 0 Å². The highest BCUT2D eigenvalue weighted by molar-refractivity contribution is 5.97. The Hall–Kier alpha value is -1.06. The fourth-order valence-corrected chi connectivity index (χ4v) is 1.71. The molecule has 2 fully saturated rings. The van der Waals surface area contributed by atoms with E-state index >= 15 is 0 Å². The molecule has 0 radical (unpaired) electrons. The van der Waals surface area contributed by atoms with Gasteiger partial charge in [0.25, 0.3) is 0 Å². The Morgan fingerprint density at radius 2 is 2.23 bits per heavy atom. The van der Waals surface area contributed by atoms with Crippen LogP contribution in [-0.2, 0) is 9.59 Å². The summed E-state index contributed by atoms with van der Waals surface area (Å²) in [5, 5.41) is 1.49. The van der Waals surface area contributed by atoms with E-state index in [0.29, 0.717) is 6.54 Å². The van der Waals surface area contributed by atoms with Gasteiger partial charge in [0.05, 0.1) is 11.8 Å². The first kappa shape index (κ1) is 8.53. The normalized spacial score (nSPS) is 31.3. The van der Waals surface area contributed by atoms with Gasteiger partial charge in [0.2, 0.25) is 11.8 Å². The Morgan fingerprint density at radius 3 is 2.92 bits per heavy atom. The molecule has 1 saturated carbocycles. The summed E-state index contributed by atoms with van der Waals surface area (Å²) in [6, 6.07) is 0. The number of amides is 2. The van der Waals surface area contributed by atoms with Crippen LogP contribution >= 0.6 is 0 Å². The zero-order valence-corrected chi connectivity index (χ0v) is 7.75. The molecule has 1 aliphatic heterocycles. The molecule has 2 aliphatic rings. The van der Waals surface area contributed by atoms with Gasteiger partial charge in [0, 0.05) is 6.54 Å². The zero-order valence-electron chi connectivity index (χ0n) is 7.75. The minimum Gasteiger partial charge on any atom is -0.273 e. The van der Waals surface area contributed by atoms with Crippen molar-refractivity contribution in [2.24, 2.45) is 11.8 Å². The lowest BCUT2D eigenvalue weighted by atomic mass is 10.2. The van der Waals surface area contributed by atoms with Crippen molar-refractivity contribution in [3.05, 3.63) is 0 Å². The van der Waals surface area contributed by atoms with Gasteiger partial charge in [-0.1, -0.05) is 13.3 Å². The fourth-order valence-electron chi connectivity index (χ4n) is 1.71. The maximum atomic E-state index is 11.5. The molecule has 13 heavy (non-hydrogen) atoms. The molecule has 0 bridgehead atoms. The lowest BCUT2D eigenvalue weighted by Crippen LogP contribution is -2.52. The maximum Gasteiger partial charge on any atom is 0.244 e. The topological polar surface area (TPSA) is 49.4 Å². The fraction of sp³-hybridized carbons (Fsp3) is 0.778. The monoisotopic (exact) mass is 182 g/mol. The van der Waals surface area contributed by atoms with E-state index in [1.54, 1.807) is 0 Å². The van der Waals surface area contributed by atoms with Gasteiger partial charge in [-0.2, -0.15) is 0 Å². The van der Waals surface area contributed by atoms with E-state index in [1.165, 1.54) is 5.01 Å². The minimum absolute atomic E-state index is 0.00519. The molecule has 2 amide bonds. The summed E-state index contributed by atoms with van der Waals surface area (Å²) < 4.78 is 0. The summed E-state index contributed by atoms with van der Waals surface area (Å²) in [6.07, 6.45) is 2.74. The van der Waals surface area contributed by atoms with Crippen molar-refractivity contribution < 1.29 is 9.59 Å². The number of hydrogen-bond acceptors (Lipinski definition) is 2. The third-order valence-electron chi connectivity index (χ3n) is 2.69. The van der Waals surface area contributed by atoms with Gasteiger partial charge >= 0.3 is 0 Å². The van der Waals surface area contributed by atoms with Crippen LogP contribution in [0.25, 0.3) is 0 Å². The standard InChI is InChI=1S/C9H14N2O2/c1-2-3-4-11-9(13)7-5-6(7)8(12)10-11/h6-7H,2-5H2,1H3,(H,10,12). The quantitative estimate of drug-likeness (QED) is 0.682. The maximum absolute atomic E-state index is 11.5. The Balaban J connectivity index is 1.95. The summed E-state index contributed by atoms with van der Waals surface area (Å²) >= 11 is 0. The first-order chi connectivity index (χ1) is 6.24. The van der Waals surface area contributed by atoms with Crippen molar-refractivity contribution in [1.82, 2.24) is 10.4 Å². The van der Waals surface area contributed by atoms with Gasteiger partial charge in [-0.3, -0.25) is 20.0 Å². The number of nitrogens with zero attached hydrogens (tertiary/aromatic N) is 1. The Morgan fingerprint density at radius 1 is 1.46 bits per heavy atom. The molecule has 1 saturated heterocycles. The van der Waals surface area contributed by atoms with Gasteiger partial charge in [-0.15, -0.1) is 0 Å². The van der Waals surface area contributed by atoms with Crippen molar-refractivity contribution >= 4 is 11.8 Å². The third kappa shape index (κ3) is 1.41. The van der Waals surface area contributed by atoms with Crippen LogP contribution < -0.4 is 5.43 Å². The van der Waals surface area contributed by atoms with Crippen molar-refractivity contribution in [3.63, 3.8) is 0 Å². The van der Waals surface area contributed by atoms with Gasteiger partial charge in [0.1, 0.15) is 0 Å². The minimum atomic E-state index is -0.00891. The second-order valence-corrected chi connectivity index (χ2v) is 3.77. The molecule has 2 rings (SSSR count). The van der Waals surface area contributed by atoms with E-state index in [9.17, 15) is 9.59 Å². The van der Waals surface area contributed by atoms with Gasteiger partial charge < -0.3 is 0 Å². The number of carbonyl (C=O) groups is 2. The van der Waals surface area contributed by atoms with Crippen LogP contribution in [0.5, 0.6) is 0 Å². The van der Waals surface area contributed by atoms with Gasteiger partial charge in [-0.05, 0) is 12.8 Å². The average Bonchev–Trinajstić information content (AvgIpc) is 2.88. The van der Waals surface area contributed by atoms with Gasteiger partial charge in [0.15, 0.2) is 0 Å². The van der Waals surface area contributed by atoms with Crippen molar-refractivity contribution in [2.75, 3.05) is 6.54 Å². The largest absolute Gasteiger partial charge is 0.273 e. The van der Waals surface area contributed by atoms with Crippen LogP contribution in [-0.4, -0.2) is 23.4 Å². The highest BCUT2D eigenvalue weighted by atomic mass is 16.2. The molecule has 2 atom stereocenters. The summed E-state index contributed by atoms with van der Waals surface area (Å²) in [7, 11) is 0. The molecular formula is C9H14N2O2. The van der Waals surface area contributed by atoms with Crippen molar-refractivity contribution in [3.8, 4) is 0 Å². The molecule has 4 heteroatoms. The number of fused-ring (bicyclic) bond motifs is 1. The molecule has 0 aromatic heterocycles. The number of carbonyl (C=O) groups excluding carboxylic acids is 2. The van der Waals surface area contributed by atoms with E-state index in [4.69, 9.17) is 0 Å². The Bertz CT molecular complexity index is 252. The smallest absolute Gasteiger partial charge is 0.244 e. The SMILES string of the molecule is CCCCN1NC(=O)C2CC2C1=O. The molecule has 2 unspecified atom stereocenters. The van der Waals surface area contributed by atoms with Crippen LogP contribution in [0.3, 0.4) is 0 Å². The van der Waals surface area contributed by atoms with Crippen LogP contribution in [0.2, 0.25) is 0 Å². The molecule has 72 valence electrons. The van der Waals surface area contributed by atoms with E-state index in [0.717, 1.165) is 19.3 Å². The highest BCUT2D eigenvalue weighted by Gasteiger charge is 2.53. The van der Waals surface area contributed by atoms with E-state index in [-0.39, 0.29) is 23.7 Å². The van der Waals surface area contributed by atoms with Crippen molar-refractivity contribution in [1.29, 1.82) is 0 Å². The number of unbranched alkanes of at least 4 members (excludes halogenated alkanes) is 1. The number of hydrazine groups is 1. The number of rotatable bonds is 3. The van der Waals surface area contributed by atoms with Crippen molar-refractivity contribution in [2.45, 2.75) is 26.2 Å². The van der Waals surface area contributed by atoms with E-state index in [2.05, 4.69) is 12.3 Å². The summed E-state index contributed by atoms with van der Waals surface area (Å²) in [5.74, 6) is 0.134. The molecule has 0 spiro atoms. The molecule has 1 heterocycles. The van der Waals surface area contributed by atoms with Crippen LogP contribution in [0.1, 0.15) is 26.2 Å². The molecule has 0 aromatic carbocycles. The first-order valence-electron chi connectivity index (χ1n) is 4.86. The summed E-state index contributed by atoms with van der Waals surface area (Å²) in [5.41, 5.74) is 2.64. The Labute approximate surface area is 77.3 Å². The van der Waals surface area contributed by atoms with E-state index in [1.807, 2.05) is 0 Å². The summed E-state index contributed by atoms with van der Waals surface area (Å²) in [4.78, 5) is 22.8. The molecule has 1 N–H and O–H groups in total. The predicted octanol–water partition coefficient (Wildman–Crippen LogP) is 0.296.